The lowest BCUT2D eigenvalue weighted by molar-refractivity contribution is -0.0394. The summed E-state index contributed by atoms with van der Waals surface area (Å²) in [5, 5.41) is 0.598. The fraction of sp³-hybridized carbons (Fsp3) is 0.500. The van der Waals surface area contributed by atoms with Crippen LogP contribution in [0.2, 0.25) is 5.02 Å². The predicted molar refractivity (Wildman–Crippen MR) is 62.2 cm³/mol. The lowest BCUT2D eigenvalue weighted by Gasteiger charge is -2.13. The second-order valence-corrected chi connectivity index (χ2v) is 4.48. The highest BCUT2D eigenvalue weighted by Gasteiger charge is 2.23. The van der Waals surface area contributed by atoms with E-state index in [2.05, 4.69) is 6.92 Å². The normalized spacial score (nSPS) is 24.4. The third-order valence-electron chi connectivity index (χ3n) is 2.51. The van der Waals surface area contributed by atoms with Gasteiger partial charge >= 0.3 is 0 Å². The van der Waals surface area contributed by atoms with Gasteiger partial charge in [-0.2, -0.15) is 0 Å². The Bertz CT molecular complexity index is 367. The van der Waals surface area contributed by atoms with Gasteiger partial charge in [-0.25, -0.2) is 0 Å². The maximum atomic E-state index is 5.94. The third kappa shape index (κ3) is 2.80. The summed E-state index contributed by atoms with van der Waals surface area (Å²) in [5.41, 5.74) is 0. The minimum Gasteiger partial charge on any atom is -0.497 e. The summed E-state index contributed by atoms with van der Waals surface area (Å²) in [4.78, 5) is 0. The van der Waals surface area contributed by atoms with Crippen molar-refractivity contribution in [3.63, 3.8) is 0 Å². The molecule has 1 heterocycles. The summed E-state index contributed by atoms with van der Waals surface area (Å²) >= 11 is 5.94. The SMILES string of the molecule is COc1cc(Cl)cc(OC2C[C@@H](C)CO2)c1. The molecule has 2 atom stereocenters. The minimum absolute atomic E-state index is 0.168. The van der Waals surface area contributed by atoms with Crippen molar-refractivity contribution in [2.24, 2.45) is 5.92 Å². The third-order valence-corrected chi connectivity index (χ3v) is 2.73. The standard InChI is InChI=1S/C12H15ClO3/c1-8-3-12(15-7-8)16-11-5-9(13)4-10(6-11)14-2/h4-6,8,12H,3,7H2,1-2H3/t8-,12?/m1/s1. The average Bonchev–Trinajstić information content (AvgIpc) is 2.63. The lowest BCUT2D eigenvalue weighted by Crippen LogP contribution is -2.14. The Hall–Kier alpha value is -0.930. The highest BCUT2D eigenvalue weighted by molar-refractivity contribution is 6.30. The number of hydrogen-bond acceptors (Lipinski definition) is 3. The zero-order valence-corrected chi connectivity index (χ0v) is 10.2. The molecule has 1 aliphatic heterocycles. The Morgan fingerprint density at radius 1 is 1.31 bits per heavy atom. The number of benzene rings is 1. The van der Waals surface area contributed by atoms with Crippen LogP contribution in [0.25, 0.3) is 0 Å². The van der Waals surface area contributed by atoms with Crippen LogP contribution in [0.5, 0.6) is 11.5 Å². The first kappa shape index (κ1) is 11.6. The zero-order valence-electron chi connectivity index (χ0n) is 9.40. The molecule has 88 valence electrons. The van der Waals surface area contributed by atoms with Crippen LogP contribution in [-0.4, -0.2) is 20.0 Å². The van der Waals surface area contributed by atoms with Crippen LogP contribution in [0.1, 0.15) is 13.3 Å². The Labute approximate surface area is 100 Å². The fourth-order valence-corrected chi connectivity index (χ4v) is 1.91. The monoisotopic (exact) mass is 242 g/mol. The molecule has 0 N–H and O–H groups in total. The first-order chi connectivity index (χ1) is 7.67. The van der Waals surface area contributed by atoms with E-state index in [4.69, 9.17) is 25.8 Å². The van der Waals surface area contributed by atoms with Gasteiger partial charge in [0.15, 0.2) is 6.29 Å². The molecule has 1 aliphatic rings. The van der Waals surface area contributed by atoms with Crippen LogP contribution in [0.3, 0.4) is 0 Å². The van der Waals surface area contributed by atoms with Gasteiger partial charge in [0.2, 0.25) is 0 Å². The van der Waals surface area contributed by atoms with E-state index in [0.717, 1.165) is 13.0 Å². The topological polar surface area (TPSA) is 27.7 Å². The molecule has 2 rings (SSSR count). The number of hydrogen-bond donors (Lipinski definition) is 0. The summed E-state index contributed by atoms with van der Waals surface area (Å²) in [6.45, 7) is 2.89. The van der Waals surface area contributed by atoms with Crippen molar-refractivity contribution in [2.75, 3.05) is 13.7 Å². The van der Waals surface area contributed by atoms with Gasteiger partial charge in [0.05, 0.1) is 13.7 Å². The van der Waals surface area contributed by atoms with Gasteiger partial charge in [-0.05, 0) is 18.1 Å². The molecule has 4 heteroatoms. The molecule has 1 unspecified atom stereocenters. The molecule has 0 aromatic heterocycles. The molecule has 0 spiro atoms. The van der Waals surface area contributed by atoms with E-state index in [1.165, 1.54) is 0 Å². The highest BCUT2D eigenvalue weighted by Crippen LogP contribution is 2.29. The summed E-state index contributed by atoms with van der Waals surface area (Å²) in [5.74, 6) is 1.92. The molecule has 0 aliphatic carbocycles. The maximum Gasteiger partial charge on any atom is 0.200 e. The molecule has 0 radical (unpaired) electrons. The highest BCUT2D eigenvalue weighted by atomic mass is 35.5. The van der Waals surface area contributed by atoms with E-state index in [0.29, 0.717) is 22.4 Å². The second kappa shape index (κ2) is 4.93. The maximum absolute atomic E-state index is 5.94. The van der Waals surface area contributed by atoms with Crippen molar-refractivity contribution >= 4 is 11.6 Å². The van der Waals surface area contributed by atoms with Gasteiger partial charge in [-0.15, -0.1) is 0 Å². The van der Waals surface area contributed by atoms with Crippen LogP contribution in [0, 0.1) is 5.92 Å². The van der Waals surface area contributed by atoms with Crippen LogP contribution in [0.15, 0.2) is 18.2 Å². The summed E-state index contributed by atoms with van der Waals surface area (Å²) in [6, 6.07) is 5.31. The molecular weight excluding hydrogens is 228 g/mol. The molecule has 0 amide bonds. The smallest absolute Gasteiger partial charge is 0.200 e. The van der Waals surface area contributed by atoms with Crippen molar-refractivity contribution in [1.29, 1.82) is 0 Å². The number of methoxy groups -OCH3 is 1. The first-order valence-corrected chi connectivity index (χ1v) is 5.68. The molecule has 1 saturated heterocycles. The Balaban J connectivity index is 2.06. The molecule has 3 nitrogen and oxygen atoms in total. The van der Waals surface area contributed by atoms with Gasteiger partial charge in [0, 0.05) is 17.5 Å². The Kier molecular flexibility index (Phi) is 3.56. The Morgan fingerprint density at radius 3 is 2.69 bits per heavy atom. The van der Waals surface area contributed by atoms with Gasteiger partial charge in [-0.3, -0.25) is 0 Å². The minimum atomic E-state index is -0.168. The molecule has 0 bridgehead atoms. The van der Waals surface area contributed by atoms with Gasteiger partial charge in [0.1, 0.15) is 11.5 Å². The van der Waals surface area contributed by atoms with Crippen LogP contribution in [-0.2, 0) is 4.74 Å². The van der Waals surface area contributed by atoms with Crippen molar-refractivity contribution in [2.45, 2.75) is 19.6 Å². The average molecular weight is 243 g/mol. The summed E-state index contributed by atoms with van der Waals surface area (Å²) in [6.07, 6.45) is 0.743. The van der Waals surface area contributed by atoms with E-state index < -0.39 is 0 Å². The van der Waals surface area contributed by atoms with Crippen LogP contribution in [0.4, 0.5) is 0 Å². The van der Waals surface area contributed by atoms with Crippen LogP contribution < -0.4 is 9.47 Å². The number of ether oxygens (including phenoxy) is 3. The predicted octanol–water partition coefficient (Wildman–Crippen LogP) is 3.11. The van der Waals surface area contributed by atoms with E-state index >= 15 is 0 Å². The number of rotatable bonds is 3. The van der Waals surface area contributed by atoms with Crippen molar-refractivity contribution in [1.82, 2.24) is 0 Å². The van der Waals surface area contributed by atoms with Crippen LogP contribution >= 0.6 is 11.6 Å². The van der Waals surface area contributed by atoms with E-state index in [-0.39, 0.29) is 6.29 Å². The molecule has 1 aromatic rings. The zero-order chi connectivity index (χ0) is 11.5. The van der Waals surface area contributed by atoms with Crippen molar-refractivity contribution in [3.8, 4) is 11.5 Å². The molecule has 1 fully saturated rings. The number of halogens is 1. The molecule has 1 aromatic carbocycles. The van der Waals surface area contributed by atoms with Gasteiger partial charge in [0.25, 0.3) is 0 Å². The van der Waals surface area contributed by atoms with Crippen molar-refractivity contribution in [3.05, 3.63) is 23.2 Å². The van der Waals surface area contributed by atoms with Gasteiger partial charge < -0.3 is 14.2 Å². The first-order valence-electron chi connectivity index (χ1n) is 5.30. The summed E-state index contributed by atoms with van der Waals surface area (Å²) < 4.78 is 16.3. The Morgan fingerprint density at radius 2 is 2.06 bits per heavy atom. The molecule has 0 saturated carbocycles. The van der Waals surface area contributed by atoms with Gasteiger partial charge in [-0.1, -0.05) is 18.5 Å². The molecular formula is C12H15ClO3. The fourth-order valence-electron chi connectivity index (χ4n) is 1.69. The largest absolute Gasteiger partial charge is 0.497 e. The quantitative estimate of drug-likeness (QED) is 0.815. The second-order valence-electron chi connectivity index (χ2n) is 4.05. The molecule has 16 heavy (non-hydrogen) atoms. The van der Waals surface area contributed by atoms with E-state index in [1.807, 2.05) is 0 Å². The van der Waals surface area contributed by atoms with E-state index in [9.17, 15) is 0 Å². The van der Waals surface area contributed by atoms with E-state index in [1.54, 1.807) is 25.3 Å². The lowest BCUT2D eigenvalue weighted by atomic mass is 10.1. The summed E-state index contributed by atoms with van der Waals surface area (Å²) in [7, 11) is 1.60. The van der Waals surface area contributed by atoms with Crippen molar-refractivity contribution < 1.29 is 14.2 Å².